The van der Waals surface area contributed by atoms with Gasteiger partial charge >= 0.3 is 5.97 Å². The highest BCUT2D eigenvalue weighted by molar-refractivity contribution is 9.11. The second-order valence-corrected chi connectivity index (χ2v) is 12.6. The monoisotopic (exact) mass is 673 g/mol. The molecule has 3 amide bonds. The number of aliphatic hydroxyl groups is 1. The Bertz CT molecular complexity index is 1320. The first kappa shape index (κ1) is 32.2. The summed E-state index contributed by atoms with van der Waals surface area (Å²) in [6.07, 6.45) is 7.65. The maximum Gasteiger partial charge on any atom is 0.313 e. The molecule has 0 aromatic heterocycles. The fourth-order valence-electron chi connectivity index (χ4n) is 6.66. The van der Waals surface area contributed by atoms with E-state index in [0.717, 1.165) is 12.8 Å². The van der Waals surface area contributed by atoms with Crippen LogP contribution in [0.1, 0.15) is 45.4 Å². The van der Waals surface area contributed by atoms with Crippen LogP contribution >= 0.6 is 15.9 Å². The van der Waals surface area contributed by atoms with E-state index in [1.807, 2.05) is 12.2 Å². The number of carbonyl (C=O) groups is 4. The lowest BCUT2D eigenvalue weighted by atomic mass is 9.74. The molecule has 2 N–H and O–H groups in total. The minimum absolute atomic E-state index is 0.0965. The highest BCUT2D eigenvalue weighted by atomic mass is 79.9. The largest absolute Gasteiger partial charge is 0.497 e. The Morgan fingerprint density at radius 1 is 1.07 bits per heavy atom. The van der Waals surface area contributed by atoms with Gasteiger partial charge in [-0.1, -0.05) is 40.9 Å². The van der Waals surface area contributed by atoms with E-state index in [4.69, 9.17) is 14.2 Å². The van der Waals surface area contributed by atoms with Crippen LogP contribution in [0.3, 0.4) is 0 Å². The van der Waals surface area contributed by atoms with Crippen molar-refractivity contribution >= 4 is 45.3 Å². The van der Waals surface area contributed by atoms with Crippen LogP contribution in [0.4, 0.5) is 5.69 Å². The molecule has 0 radical (unpaired) electrons. The van der Waals surface area contributed by atoms with Crippen molar-refractivity contribution in [2.75, 3.05) is 38.3 Å². The first-order chi connectivity index (χ1) is 21.2. The summed E-state index contributed by atoms with van der Waals surface area (Å²) in [4.78, 5) is 58.3. The molecule has 1 aromatic rings. The van der Waals surface area contributed by atoms with Gasteiger partial charge in [-0.3, -0.25) is 19.2 Å². The standard InChI is InChI=1S/C32H40BrN3O8/c1-20-19-34-24(38)10-6-5-8-15-35(21-11-13-22(42-2)14-12-21)30(40)28-32-18-23(33)27(44-32)25(31(41)43-20)26(32)29(39)36(28)16-7-3-4-9-17-37/h5,8,11-14,18,20,25-28,37H,3-4,6-7,9-10,15-17,19H2,1-2H3,(H,34,38)/b8-5-/t20-,25+,26-,27+,28+,32-/m1/s1. The predicted molar refractivity (Wildman–Crippen MR) is 165 cm³/mol. The van der Waals surface area contributed by atoms with E-state index in [2.05, 4.69) is 21.2 Å². The first-order valence-electron chi connectivity index (χ1n) is 15.3. The van der Waals surface area contributed by atoms with Gasteiger partial charge in [-0.05, 0) is 56.5 Å². The lowest BCUT2D eigenvalue weighted by Crippen LogP contribution is -2.56. The number of amides is 3. The third kappa shape index (κ3) is 6.16. The minimum Gasteiger partial charge on any atom is -0.497 e. The number of likely N-dealkylation sites (tertiary alicyclic amines) is 1. The van der Waals surface area contributed by atoms with Gasteiger partial charge in [0.1, 0.15) is 35.5 Å². The third-order valence-corrected chi connectivity index (χ3v) is 9.47. The Labute approximate surface area is 265 Å². The number of nitrogens with one attached hydrogen (secondary N) is 1. The molecule has 11 nitrogen and oxygen atoms in total. The van der Waals surface area contributed by atoms with E-state index < -0.39 is 41.7 Å². The molecular formula is C32H40BrN3O8. The summed E-state index contributed by atoms with van der Waals surface area (Å²) < 4.78 is 18.2. The zero-order valence-electron chi connectivity index (χ0n) is 25.1. The van der Waals surface area contributed by atoms with Crippen LogP contribution in [-0.2, 0) is 28.7 Å². The maximum atomic E-state index is 14.8. The van der Waals surface area contributed by atoms with Crippen molar-refractivity contribution in [1.82, 2.24) is 10.2 Å². The van der Waals surface area contributed by atoms with Crippen LogP contribution < -0.4 is 15.0 Å². The van der Waals surface area contributed by atoms with Crippen LogP contribution in [0.5, 0.6) is 5.75 Å². The number of nitrogens with zero attached hydrogens (tertiary/aromatic N) is 2. The fourth-order valence-corrected chi connectivity index (χ4v) is 7.40. The summed E-state index contributed by atoms with van der Waals surface area (Å²) in [5.41, 5.74) is -0.765. The first-order valence-corrected chi connectivity index (χ1v) is 16.1. The number of methoxy groups -OCH3 is 1. The molecule has 0 saturated carbocycles. The highest BCUT2D eigenvalue weighted by Crippen LogP contribution is 2.59. The molecule has 4 heterocycles. The van der Waals surface area contributed by atoms with Crippen molar-refractivity contribution in [1.29, 1.82) is 0 Å². The molecule has 2 saturated heterocycles. The quantitative estimate of drug-likeness (QED) is 0.245. The van der Waals surface area contributed by atoms with Crippen molar-refractivity contribution in [2.24, 2.45) is 11.8 Å². The van der Waals surface area contributed by atoms with E-state index >= 15 is 0 Å². The van der Waals surface area contributed by atoms with Gasteiger partial charge < -0.3 is 34.4 Å². The normalized spacial score (nSPS) is 31.5. The summed E-state index contributed by atoms with van der Waals surface area (Å²) >= 11 is 3.56. The Kier molecular flexibility index (Phi) is 10.1. The SMILES string of the molecule is COc1ccc(N2C/C=C\CCC(=O)NC[C@@H](C)OC(=O)[C@@H]3[C@H]4O[C@@]5(C=C4Br)[C@H](C2=O)N(CCCCCCO)C(=O)[C@@H]35)cc1. The lowest BCUT2D eigenvalue weighted by Gasteiger charge is -2.36. The Balaban J connectivity index is 1.57. The maximum absolute atomic E-state index is 14.8. The average molecular weight is 675 g/mol. The van der Waals surface area contributed by atoms with E-state index in [-0.39, 0.29) is 43.8 Å². The van der Waals surface area contributed by atoms with Gasteiger partial charge in [0.25, 0.3) is 5.91 Å². The van der Waals surface area contributed by atoms with Gasteiger partial charge in [0.15, 0.2) is 0 Å². The molecule has 1 aromatic carbocycles. The molecule has 4 aliphatic rings. The number of anilines is 1. The smallest absolute Gasteiger partial charge is 0.313 e. The molecule has 238 valence electrons. The fraction of sp³-hybridized carbons (Fsp3) is 0.562. The number of carbonyl (C=O) groups excluding carboxylic acids is 4. The van der Waals surface area contributed by atoms with Crippen LogP contribution in [0.2, 0.25) is 0 Å². The molecule has 6 atom stereocenters. The van der Waals surface area contributed by atoms with Crippen LogP contribution in [-0.4, -0.2) is 90.9 Å². The number of esters is 1. The Morgan fingerprint density at radius 2 is 1.82 bits per heavy atom. The van der Waals surface area contributed by atoms with E-state index in [1.54, 1.807) is 54.2 Å². The molecule has 1 spiro atoms. The van der Waals surface area contributed by atoms with Crippen LogP contribution in [0.25, 0.3) is 0 Å². The lowest BCUT2D eigenvalue weighted by molar-refractivity contribution is -0.158. The molecule has 12 heteroatoms. The summed E-state index contributed by atoms with van der Waals surface area (Å²) in [6.45, 7) is 2.42. The Morgan fingerprint density at radius 3 is 2.55 bits per heavy atom. The molecule has 0 aliphatic carbocycles. The van der Waals surface area contributed by atoms with Crippen molar-refractivity contribution in [3.05, 3.63) is 47.0 Å². The minimum atomic E-state index is -1.37. The van der Waals surface area contributed by atoms with Gasteiger partial charge in [-0.15, -0.1) is 0 Å². The van der Waals surface area contributed by atoms with Crippen molar-refractivity contribution in [3.63, 3.8) is 0 Å². The molecule has 4 aliphatic heterocycles. The third-order valence-electron chi connectivity index (χ3n) is 8.79. The van der Waals surface area contributed by atoms with Crippen LogP contribution in [0, 0.1) is 11.8 Å². The second kappa shape index (κ2) is 13.8. The predicted octanol–water partition coefficient (Wildman–Crippen LogP) is 2.85. The number of rotatable bonds is 8. The molecule has 0 unspecified atom stereocenters. The summed E-state index contributed by atoms with van der Waals surface area (Å²) in [5.74, 6) is -2.71. The topological polar surface area (TPSA) is 135 Å². The number of unbranched alkanes of at least 4 members (excludes halogenated alkanes) is 3. The number of halogens is 1. The number of hydrogen-bond acceptors (Lipinski definition) is 8. The summed E-state index contributed by atoms with van der Waals surface area (Å²) in [6, 6.07) is 6.07. The number of allylic oxidation sites excluding steroid dienone is 1. The number of cyclic esters (lactones) is 1. The zero-order valence-corrected chi connectivity index (χ0v) is 26.7. The molecule has 2 fully saturated rings. The molecule has 5 bridgehead atoms. The van der Waals surface area contributed by atoms with E-state index in [0.29, 0.717) is 41.7 Å². The summed E-state index contributed by atoms with van der Waals surface area (Å²) in [5, 5.41) is 12.0. The Hall–Kier alpha value is -3.22. The highest BCUT2D eigenvalue weighted by Gasteiger charge is 2.74. The number of hydrogen-bond donors (Lipinski definition) is 2. The van der Waals surface area contributed by atoms with Crippen molar-refractivity contribution in [3.8, 4) is 5.75 Å². The summed E-state index contributed by atoms with van der Waals surface area (Å²) in [7, 11) is 1.57. The molecule has 5 rings (SSSR count). The number of benzene rings is 1. The number of fused-ring (bicyclic) bond motifs is 2. The number of ether oxygens (including phenoxy) is 3. The van der Waals surface area contributed by atoms with E-state index in [1.165, 1.54) is 0 Å². The van der Waals surface area contributed by atoms with Gasteiger partial charge in [-0.25, -0.2) is 0 Å². The average Bonchev–Trinajstić information content (AvgIpc) is 3.60. The number of aliphatic hydroxyl groups excluding tert-OH is 1. The van der Waals surface area contributed by atoms with E-state index in [9.17, 15) is 24.3 Å². The molecular weight excluding hydrogens is 634 g/mol. The van der Waals surface area contributed by atoms with Gasteiger partial charge in [-0.2, -0.15) is 0 Å². The molecule has 44 heavy (non-hydrogen) atoms. The van der Waals surface area contributed by atoms with Crippen molar-refractivity contribution in [2.45, 2.75) is 69.3 Å². The zero-order chi connectivity index (χ0) is 31.4. The van der Waals surface area contributed by atoms with Crippen LogP contribution in [0.15, 0.2) is 47.0 Å². The van der Waals surface area contributed by atoms with Gasteiger partial charge in [0.2, 0.25) is 11.8 Å². The van der Waals surface area contributed by atoms with Crippen molar-refractivity contribution < 1.29 is 38.5 Å². The van der Waals surface area contributed by atoms with Gasteiger partial charge in [0.05, 0.1) is 19.6 Å². The second-order valence-electron chi connectivity index (χ2n) is 11.7. The van der Waals surface area contributed by atoms with Gasteiger partial charge in [0, 0.05) is 36.3 Å².